The van der Waals surface area contributed by atoms with Crippen LogP contribution in [0.2, 0.25) is 0 Å². The van der Waals surface area contributed by atoms with E-state index in [1.165, 1.54) is 6.21 Å². The van der Waals surface area contributed by atoms with Crippen LogP contribution in [0.25, 0.3) is 0 Å². The first kappa shape index (κ1) is 13.7. The summed E-state index contributed by atoms with van der Waals surface area (Å²) in [6, 6.07) is 2.76. The number of nitrogens with two attached hydrogens (primary N) is 1. The molecule has 19 heavy (non-hydrogen) atoms. The van der Waals surface area contributed by atoms with Crippen molar-refractivity contribution in [3.05, 3.63) is 46.9 Å². The highest BCUT2D eigenvalue weighted by molar-refractivity contribution is 6.32. The molecule has 5 nitrogen and oxygen atoms in total. The average molecular weight is 300 g/mol. The van der Waals surface area contributed by atoms with Crippen molar-refractivity contribution in [3.8, 4) is 0 Å². The van der Waals surface area contributed by atoms with Crippen LogP contribution in [0.4, 0.5) is 4.79 Å². The molecule has 0 fully saturated rings. The van der Waals surface area contributed by atoms with Crippen molar-refractivity contribution in [1.29, 1.82) is 0 Å². The maximum atomic E-state index is 10.4. The van der Waals surface area contributed by atoms with Gasteiger partial charge in [-0.3, -0.25) is 0 Å². The second-order valence-electron chi connectivity index (χ2n) is 3.86. The molecule has 2 rings (SSSR count). The molecule has 0 bridgehead atoms. The molecule has 0 aromatic carbocycles. The van der Waals surface area contributed by atoms with Crippen molar-refractivity contribution in [1.82, 2.24) is 5.43 Å². The van der Waals surface area contributed by atoms with Gasteiger partial charge in [0.05, 0.1) is 17.5 Å². The lowest BCUT2D eigenvalue weighted by Crippen LogP contribution is -2.24. The minimum Gasteiger partial charge on any atom is -0.459 e. The molecule has 1 aromatic heterocycles. The van der Waals surface area contributed by atoms with Crippen molar-refractivity contribution in [2.75, 3.05) is 0 Å². The lowest BCUT2D eigenvalue weighted by atomic mass is 9.98. The van der Waals surface area contributed by atoms with Gasteiger partial charge in [-0.1, -0.05) is 23.8 Å². The normalized spacial score (nSPS) is 22.5. The molecule has 0 aliphatic heterocycles. The zero-order valence-electron chi connectivity index (χ0n) is 9.72. The lowest BCUT2D eigenvalue weighted by molar-refractivity contribution is 0.249. The second kappa shape index (κ2) is 5.95. The standard InChI is InChI=1S/C12H11Cl2N3O2/c13-7-1-3-10(14)9(5-7)11-4-2-8(19-11)6-16-17-12(15)18/h1-6,9-10H,(H3,15,17,18)/b16-6+. The lowest BCUT2D eigenvalue weighted by Gasteiger charge is -2.17. The number of halogens is 2. The molecule has 2 atom stereocenters. The largest absolute Gasteiger partial charge is 0.459 e. The summed E-state index contributed by atoms with van der Waals surface area (Å²) in [5.74, 6) is 1.01. The topological polar surface area (TPSA) is 80.6 Å². The number of alkyl halides is 1. The molecule has 1 heterocycles. The molecule has 0 spiro atoms. The molecule has 2 unspecified atom stereocenters. The van der Waals surface area contributed by atoms with Crippen LogP contribution < -0.4 is 11.2 Å². The molecule has 0 saturated carbocycles. The summed E-state index contributed by atoms with van der Waals surface area (Å²) in [7, 11) is 0. The molecule has 7 heteroatoms. The fraction of sp³-hybridized carbons (Fsp3) is 0.167. The summed E-state index contributed by atoms with van der Waals surface area (Å²) in [6.07, 6.45) is 6.72. The highest BCUT2D eigenvalue weighted by Gasteiger charge is 2.23. The van der Waals surface area contributed by atoms with E-state index in [9.17, 15) is 4.79 Å². The smallest absolute Gasteiger partial charge is 0.332 e. The Kier molecular flexibility index (Phi) is 4.29. The minimum absolute atomic E-state index is 0.134. The van der Waals surface area contributed by atoms with Crippen LogP contribution in [-0.2, 0) is 0 Å². The van der Waals surface area contributed by atoms with E-state index in [4.69, 9.17) is 33.4 Å². The van der Waals surface area contributed by atoms with Crippen molar-refractivity contribution in [3.63, 3.8) is 0 Å². The van der Waals surface area contributed by atoms with Crippen LogP contribution in [-0.4, -0.2) is 17.6 Å². The first-order valence-electron chi connectivity index (χ1n) is 5.44. The van der Waals surface area contributed by atoms with Crippen molar-refractivity contribution >= 4 is 35.4 Å². The minimum atomic E-state index is -0.740. The van der Waals surface area contributed by atoms with Gasteiger partial charge in [-0.05, 0) is 18.2 Å². The summed E-state index contributed by atoms with van der Waals surface area (Å²) in [5.41, 5.74) is 6.95. The molecular weight excluding hydrogens is 289 g/mol. The summed E-state index contributed by atoms with van der Waals surface area (Å²) in [4.78, 5) is 10.4. The van der Waals surface area contributed by atoms with Gasteiger partial charge in [-0.15, -0.1) is 11.6 Å². The first-order valence-corrected chi connectivity index (χ1v) is 6.25. The van der Waals surface area contributed by atoms with E-state index in [2.05, 4.69) is 10.5 Å². The van der Waals surface area contributed by atoms with E-state index in [-0.39, 0.29) is 11.3 Å². The zero-order valence-corrected chi connectivity index (χ0v) is 11.2. The zero-order chi connectivity index (χ0) is 13.8. The number of hydrogen-bond acceptors (Lipinski definition) is 3. The Morgan fingerprint density at radius 2 is 2.32 bits per heavy atom. The quantitative estimate of drug-likeness (QED) is 0.511. The number of allylic oxidation sites excluding steroid dienone is 4. The molecule has 100 valence electrons. The predicted octanol–water partition coefficient (Wildman–Crippen LogP) is 2.67. The SMILES string of the molecule is NC(=O)N/N=C/c1ccc(C2C=C(Cl)C=CC2Cl)o1. The number of hydrogen-bond donors (Lipinski definition) is 2. The Hall–Kier alpha value is -1.72. The van der Waals surface area contributed by atoms with Gasteiger partial charge in [0, 0.05) is 5.03 Å². The molecule has 2 amide bonds. The Morgan fingerprint density at radius 3 is 3.05 bits per heavy atom. The molecule has 0 saturated heterocycles. The van der Waals surface area contributed by atoms with Crippen LogP contribution in [0.15, 0.2) is 44.9 Å². The Morgan fingerprint density at radius 1 is 1.53 bits per heavy atom. The molecule has 0 radical (unpaired) electrons. The van der Waals surface area contributed by atoms with Gasteiger partial charge in [0.2, 0.25) is 0 Å². The number of hydrazone groups is 1. The van der Waals surface area contributed by atoms with E-state index in [1.807, 2.05) is 6.08 Å². The van der Waals surface area contributed by atoms with Gasteiger partial charge < -0.3 is 10.2 Å². The van der Waals surface area contributed by atoms with Crippen LogP contribution in [0, 0.1) is 0 Å². The number of furan rings is 1. The second-order valence-corrected chi connectivity index (χ2v) is 4.80. The fourth-order valence-corrected chi connectivity index (χ4v) is 2.12. The number of nitrogens with one attached hydrogen (secondary N) is 1. The molecular formula is C12H11Cl2N3O2. The van der Waals surface area contributed by atoms with Crippen molar-refractivity contribution in [2.24, 2.45) is 10.8 Å². The third-order valence-electron chi connectivity index (χ3n) is 2.46. The summed E-state index contributed by atoms with van der Waals surface area (Å²) in [5, 5.41) is 4.00. The van der Waals surface area contributed by atoms with Crippen molar-refractivity contribution in [2.45, 2.75) is 11.3 Å². The summed E-state index contributed by atoms with van der Waals surface area (Å²) in [6.45, 7) is 0. The maximum absolute atomic E-state index is 10.4. The van der Waals surface area contributed by atoms with Gasteiger partial charge in [0.15, 0.2) is 0 Å². The summed E-state index contributed by atoms with van der Waals surface area (Å²) >= 11 is 12.1. The Labute approximate surface area is 119 Å². The Bertz CT molecular complexity index is 563. The van der Waals surface area contributed by atoms with Gasteiger partial charge in [0.1, 0.15) is 11.5 Å². The molecule has 1 aliphatic carbocycles. The fourth-order valence-electron chi connectivity index (χ4n) is 1.64. The first-order chi connectivity index (χ1) is 9.06. The number of primary amides is 1. The van der Waals surface area contributed by atoms with E-state index in [1.54, 1.807) is 24.3 Å². The van der Waals surface area contributed by atoms with Crippen LogP contribution in [0.1, 0.15) is 17.4 Å². The average Bonchev–Trinajstić information content (AvgIpc) is 2.80. The predicted molar refractivity (Wildman–Crippen MR) is 74.5 cm³/mol. The number of carbonyl (C=O) groups is 1. The van der Waals surface area contributed by atoms with Gasteiger partial charge in [-0.25, -0.2) is 10.2 Å². The van der Waals surface area contributed by atoms with E-state index in [0.29, 0.717) is 16.6 Å². The highest BCUT2D eigenvalue weighted by Crippen LogP contribution is 2.32. The van der Waals surface area contributed by atoms with Crippen LogP contribution in [0.3, 0.4) is 0 Å². The molecule has 3 N–H and O–H groups in total. The van der Waals surface area contributed by atoms with Crippen molar-refractivity contribution < 1.29 is 9.21 Å². The van der Waals surface area contributed by atoms with Crippen LogP contribution >= 0.6 is 23.2 Å². The summed E-state index contributed by atoms with van der Waals surface area (Å²) < 4.78 is 5.56. The molecule has 1 aliphatic rings. The molecule has 1 aromatic rings. The van der Waals surface area contributed by atoms with Gasteiger partial charge in [0.25, 0.3) is 0 Å². The van der Waals surface area contributed by atoms with Gasteiger partial charge in [-0.2, -0.15) is 5.10 Å². The van der Waals surface area contributed by atoms with Gasteiger partial charge >= 0.3 is 6.03 Å². The van der Waals surface area contributed by atoms with Crippen LogP contribution in [0.5, 0.6) is 0 Å². The van der Waals surface area contributed by atoms with E-state index in [0.717, 1.165) is 0 Å². The monoisotopic (exact) mass is 299 g/mol. The maximum Gasteiger partial charge on any atom is 0.332 e. The third kappa shape index (κ3) is 3.62. The number of carbonyl (C=O) groups excluding carboxylic acids is 1. The Balaban J connectivity index is 2.11. The number of nitrogens with zero attached hydrogens (tertiary/aromatic N) is 1. The number of urea groups is 1. The third-order valence-corrected chi connectivity index (χ3v) is 3.13. The van der Waals surface area contributed by atoms with E-state index < -0.39 is 6.03 Å². The van der Waals surface area contributed by atoms with E-state index >= 15 is 0 Å². The number of amides is 2. The highest BCUT2D eigenvalue weighted by atomic mass is 35.5. The number of rotatable bonds is 3.